The molecule has 3 aromatic rings. The number of halogens is 1. The number of nitrogens with zero attached hydrogens (tertiary/aromatic N) is 3. The van der Waals surface area contributed by atoms with Crippen molar-refractivity contribution in [2.75, 3.05) is 6.54 Å². The number of nitrogens with one attached hydrogen (secondary N) is 1. The number of carbonyl (C=O) groups excluding carboxylic acids is 1. The molecule has 1 atom stereocenters. The lowest BCUT2D eigenvalue weighted by Crippen LogP contribution is -2.35. The van der Waals surface area contributed by atoms with Crippen molar-refractivity contribution >= 4 is 28.8 Å². The molecule has 1 aliphatic heterocycles. The molecule has 0 bridgehead atoms. The fourth-order valence-electron chi connectivity index (χ4n) is 3.04. The Balaban J connectivity index is 1.39. The van der Waals surface area contributed by atoms with Gasteiger partial charge in [0.2, 0.25) is 5.91 Å². The maximum absolute atomic E-state index is 12.1. The summed E-state index contributed by atoms with van der Waals surface area (Å²) < 4.78 is 5.94. The molecule has 1 unspecified atom stereocenters. The monoisotopic (exact) mass is 400 g/mol. The molecule has 6 nitrogen and oxygen atoms in total. The van der Waals surface area contributed by atoms with E-state index in [2.05, 4.69) is 20.3 Å². The SMILES string of the molecule is Cc1nc(CC(=O)NCC2Cc3cc(-c4cnccn4)cc(Cl)c3O2)cs1. The van der Waals surface area contributed by atoms with Gasteiger partial charge in [0, 0.05) is 35.3 Å². The Hall–Kier alpha value is -2.51. The molecule has 27 heavy (non-hydrogen) atoms. The van der Waals surface area contributed by atoms with Gasteiger partial charge in [0.25, 0.3) is 0 Å². The minimum atomic E-state index is -0.143. The Morgan fingerprint density at radius 1 is 1.41 bits per heavy atom. The molecular weight excluding hydrogens is 384 g/mol. The fraction of sp³-hybridized carbons (Fsp3) is 0.263. The number of benzene rings is 1. The lowest BCUT2D eigenvalue weighted by atomic mass is 10.0. The molecule has 1 aromatic carbocycles. The third-order valence-electron chi connectivity index (χ3n) is 4.25. The number of aryl methyl sites for hydroxylation is 1. The quantitative estimate of drug-likeness (QED) is 0.711. The zero-order chi connectivity index (χ0) is 18.8. The van der Waals surface area contributed by atoms with Crippen LogP contribution >= 0.6 is 22.9 Å². The van der Waals surface area contributed by atoms with E-state index < -0.39 is 0 Å². The minimum Gasteiger partial charge on any atom is -0.486 e. The first kappa shape index (κ1) is 17.9. The fourth-order valence-corrected chi connectivity index (χ4v) is 3.94. The van der Waals surface area contributed by atoms with Crippen LogP contribution in [-0.4, -0.2) is 33.5 Å². The summed E-state index contributed by atoms with van der Waals surface area (Å²) in [6.45, 7) is 2.35. The van der Waals surface area contributed by atoms with Gasteiger partial charge in [-0.05, 0) is 19.1 Å². The number of fused-ring (bicyclic) bond motifs is 1. The van der Waals surface area contributed by atoms with E-state index in [0.29, 0.717) is 23.7 Å². The van der Waals surface area contributed by atoms with Gasteiger partial charge in [-0.25, -0.2) is 4.98 Å². The van der Waals surface area contributed by atoms with Gasteiger partial charge in [0.15, 0.2) is 0 Å². The van der Waals surface area contributed by atoms with Gasteiger partial charge in [-0.3, -0.25) is 14.8 Å². The first-order valence-electron chi connectivity index (χ1n) is 8.51. The van der Waals surface area contributed by atoms with Crippen molar-refractivity contribution in [3.05, 3.63) is 57.4 Å². The molecular formula is C19H17ClN4O2S. The van der Waals surface area contributed by atoms with E-state index in [-0.39, 0.29) is 18.4 Å². The third kappa shape index (κ3) is 4.09. The largest absolute Gasteiger partial charge is 0.486 e. The van der Waals surface area contributed by atoms with Crippen molar-refractivity contribution in [3.63, 3.8) is 0 Å². The van der Waals surface area contributed by atoms with Crippen molar-refractivity contribution in [2.45, 2.75) is 25.9 Å². The topological polar surface area (TPSA) is 77.0 Å². The van der Waals surface area contributed by atoms with Crippen LogP contribution in [0.25, 0.3) is 11.3 Å². The number of rotatable bonds is 5. The van der Waals surface area contributed by atoms with Crippen LogP contribution in [0.4, 0.5) is 0 Å². The molecule has 0 saturated heterocycles. The van der Waals surface area contributed by atoms with Gasteiger partial charge < -0.3 is 10.1 Å². The molecule has 0 spiro atoms. The van der Waals surface area contributed by atoms with Gasteiger partial charge in [-0.15, -0.1) is 11.3 Å². The van der Waals surface area contributed by atoms with Gasteiger partial charge in [-0.1, -0.05) is 11.6 Å². The Bertz CT molecular complexity index is 977. The Morgan fingerprint density at radius 2 is 2.30 bits per heavy atom. The number of aromatic nitrogens is 3. The van der Waals surface area contributed by atoms with Crippen molar-refractivity contribution < 1.29 is 9.53 Å². The van der Waals surface area contributed by atoms with E-state index in [0.717, 1.165) is 27.5 Å². The highest BCUT2D eigenvalue weighted by Crippen LogP contribution is 2.39. The molecule has 3 heterocycles. The molecule has 0 aliphatic carbocycles. The Kier molecular flexibility index (Phi) is 5.05. The lowest BCUT2D eigenvalue weighted by Gasteiger charge is -2.12. The van der Waals surface area contributed by atoms with E-state index in [1.54, 1.807) is 29.9 Å². The summed E-state index contributed by atoms with van der Waals surface area (Å²) >= 11 is 7.94. The second kappa shape index (κ2) is 7.62. The molecule has 0 fully saturated rings. The summed E-state index contributed by atoms with van der Waals surface area (Å²) in [4.78, 5) is 24.8. The first-order valence-corrected chi connectivity index (χ1v) is 9.77. The van der Waals surface area contributed by atoms with Crippen LogP contribution in [-0.2, 0) is 17.6 Å². The number of hydrogen-bond acceptors (Lipinski definition) is 6. The standard InChI is InChI=1S/C19H17ClN4O2S/c1-11-24-14(10-27-11)7-18(25)23-8-15-5-13-4-12(6-16(20)19(13)26-15)17-9-21-2-3-22-17/h2-4,6,9-10,15H,5,7-8H2,1H3,(H,23,25). The predicted molar refractivity (Wildman–Crippen MR) is 104 cm³/mol. The van der Waals surface area contributed by atoms with Crippen LogP contribution < -0.4 is 10.1 Å². The predicted octanol–water partition coefficient (Wildman–Crippen LogP) is 3.22. The van der Waals surface area contributed by atoms with E-state index in [4.69, 9.17) is 16.3 Å². The van der Waals surface area contributed by atoms with E-state index in [1.165, 1.54) is 0 Å². The van der Waals surface area contributed by atoms with Crippen LogP contribution in [0.15, 0.2) is 36.1 Å². The second-order valence-corrected chi connectivity index (χ2v) is 7.79. The number of carbonyl (C=O) groups is 1. The molecule has 4 rings (SSSR count). The Labute approximate surface area is 165 Å². The maximum atomic E-state index is 12.1. The average molecular weight is 401 g/mol. The summed E-state index contributed by atoms with van der Waals surface area (Å²) in [6.07, 6.45) is 5.80. The van der Waals surface area contributed by atoms with Crippen molar-refractivity contribution in [1.82, 2.24) is 20.3 Å². The molecule has 0 radical (unpaired) electrons. The average Bonchev–Trinajstić information content (AvgIpc) is 3.27. The molecule has 1 N–H and O–H groups in total. The number of amides is 1. The highest BCUT2D eigenvalue weighted by atomic mass is 35.5. The van der Waals surface area contributed by atoms with Crippen molar-refractivity contribution in [1.29, 1.82) is 0 Å². The first-order chi connectivity index (χ1) is 13.1. The van der Waals surface area contributed by atoms with E-state index in [1.807, 2.05) is 24.4 Å². The second-order valence-electron chi connectivity index (χ2n) is 6.32. The molecule has 1 aliphatic rings. The molecule has 138 valence electrons. The molecule has 1 amide bonds. The van der Waals surface area contributed by atoms with Gasteiger partial charge >= 0.3 is 0 Å². The molecule has 2 aromatic heterocycles. The maximum Gasteiger partial charge on any atom is 0.226 e. The molecule has 8 heteroatoms. The highest BCUT2D eigenvalue weighted by molar-refractivity contribution is 7.09. The van der Waals surface area contributed by atoms with Crippen molar-refractivity contribution in [3.8, 4) is 17.0 Å². The number of hydrogen-bond donors (Lipinski definition) is 1. The van der Waals surface area contributed by atoms with Gasteiger partial charge in [-0.2, -0.15) is 0 Å². The summed E-state index contributed by atoms with van der Waals surface area (Å²) in [6, 6.07) is 3.85. The normalized spacial score (nSPS) is 15.3. The van der Waals surface area contributed by atoms with Crippen LogP contribution in [0.3, 0.4) is 0 Å². The zero-order valence-corrected chi connectivity index (χ0v) is 16.2. The van der Waals surface area contributed by atoms with Crippen molar-refractivity contribution in [2.24, 2.45) is 0 Å². The minimum absolute atomic E-state index is 0.0637. The zero-order valence-electron chi connectivity index (χ0n) is 14.6. The van der Waals surface area contributed by atoms with Crippen LogP contribution in [0.2, 0.25) is 5.02 Å². The summed E-state index contributed by atoms with van der Waals surface area (Å²) in [5.74, 6) is 0.616. The van der Waals surface area contributed by atoms with Crippen LogP contribution in [0.1, 0.15) is 16.3 Å². The molecule has 0 saturated carbocycles. The van der Waals surface area contributed by atoms with E-state index >= 15 is 0 Å². The third-order valence-corrected chi connectivity index (χ3v) is 5.35. The van der Waals surface area contributed by atoms with Crippen LogP contribution in [0.5, 0.6) is 5.75 Å². The smallest absolute Gasteiger partial charge is 0.226 e. The lowest BCUT2D eigenvalue weighted by molar-refractivity contribution is -0.120. The van der Waals surface area contributed by atoms with Gasteiger partial charge in [0.05, 0.1) is 40.6 Å². The van der Waals surface area contributed by atoms with Gasteiger partial charge in [0.1, 0.15) is 11.9 Å². The summed E-state index contributed by atoms with van der Waals surface area (Å²) in [5, 5.41) is 6.33. The number of thiazole rings is 1. The Morgan fingerprint density at radius 3 is 3.04 bits per heavy atom. The summed E-state index contributed by atoms with van der Waals surface area (Å²) in [7, 11) is 0. The van der Waals surface area contributed by atoms with Crippen LogP contribution in [0, 0.1) is 6.92 Å². The van der Waals surface area contributed by atoms with E-state index in [9.17, 15) is 4.79 Å². The summed E-state index contributed by atoms with van der Waals surface area (Å²) in [5.41, 5.74) is 3.47. The number of ether oxygens (including phenoxy) is 1. The highest BCUT2D eigenvalue weighted by Gasteiger charge is 2.26.